The lowest BCUT2D eigenvalue weighted by Gasteiger charge is -1.95. The van der Waals surface area contributed by atoms with E-state index in [4.69, 9.17) is 9.52 Å². The van der Waals surface area contributed by atoms with Crippen LogP contribution >= 0.6 is 22.6 Å². The molecule has 0 spiro atoms. The summed E-state index contributed by atoms with van der Waals surface area (Å²) in [5.41, 5.74) is 1.31. The summed E-state index contributed by atoms with van der Waals surface area (Å²) >= 11 is 2.19. The highest BCUT2D eigenvalue weighted by molar-refractivity contribution is 14.1. The van der Waals surface area contributed by atoms with Gasteiger partial charge in [-0.05, 0) is 47.2 Å². The van der Waals surface area contributed by atoms with Gasteiger partial charge in [0.15, 0.2) is 0 Å². The Morgan fingerprint density at radius 2 is 2.28 bits per heavy atom. The first-order valence-electron chi connectivity index (χ1n) is 5.60. The number of carboxylic acid groups (broad SMARTS) is 1. The number of carbonyl (C=O) groups is 1. The van der Waals surface area contributed by atoms with Crippen LogP contribution < -0.4 is 0 Å². The van der Waals surface area contributed by atoms with Gasteiger partial charge >= 0.3 is 5.97 Å². The molecule has 1 aromatic heterocycles. The highest BCUT2D eigenvalue weighted by Gasteiger charge is 2.19. The first kappa shape index (κ1) is 13.1. The number of oxazole rings is 1. The first-order chi connectivity index (χ1) is 8.61. The van der Waals surface area contributed by atoms with Crippen LogP contribution in [0, 0.1) is 3.57 Å². The summed E-state index contributed by atoms with van der Waals surface area (Å²) in [7, 11) is 0. The van der Waals surface area contributed by atoms with Crippen LogP contribution in [0.1, 0.15) is 29.6 Å². The maximum atomic E-state index is 11.1. The molecule has 5 heteroatoms. The lowest BCUT2D eigenvalue weighted by molar-refractivity contribution is 0.0661. The van der Waals surface area contributed by atoms with Crippen LogP contribution in [0.25, 0.3) is 11.5 Å². The molecule has 0 radical (unpaired) electrons. The van der Waals surface area contributed by atoms with Gasteiger partial charge in [0.25, 0.3) is 0 Å². The summed E-state index contributed by atoms with van der Waals surface area (Å²) < 4.78 is 6.41. The SMILES string of the molecule is CCCc1nc(-c2cccc(I)c2)oc1C(=O)O. The van der Waals surface area contributed by atoms with E-state index in [1.807, 2.05) is 31.2 Å². The molecule has 0 bridgehead atoms. The number of aryl methyl sites for hydroxylation is 1. The topological polar surface area (TPSA) is 63.3 Å². The molecule has 4 nitrogen and oxygen atoms in total. The molecule has 0 aliphatic carbocycles. The first-order valence-corrected chi connectivity index (χ1v) is 6.68. The van der Waals surface area contributed by atoms with Crippen LogP contribution in [0.15, 0.2) is 28.7 Å². The van der Waals surface area contributed by atoms with Crippen molar-refractivity contribution in [3.63, 3.8) is 0 Å². The van der Waals surface area contributed by atoms with Crippen molar-refractivity contribution in [1.29, 1.82) is 0 Å². The van der Waals surface area contributed by atoms with Crippen molar-refractivity contribution in [2.24, 2.45) is 0 Å². The standard InChI is InChI=1S/C13H12INO3/c1-2-4-10-11(13(16)17)18-12(15-10)8-5-3-6-9(14)7-8/h3,5-7H,2,4H2,1H3,(H,16,17). The van der Waals surface area contributed by atoms with Crippen LogP contribution in [0.2, 0.25) is 0 Å². The summed E-state index contributed by atoms with van der Waals surface area (Å²) in [6.07, 6.45) is 1.44. The van der Waals surface area contributed by atoms with Gasteiger partial charge in [0.05, 0.1) is 5.69 Å². The highest BCUT2D eigenvalue weighted by atomic mass is 127. The fourth-order valence-electron chi connectivity index (χ4n) is 1.67. The molecule has 1 N–H and O–H groups in total. The number of hydrogen-bond acceptors (Lipinski definition) is 3. The molecule has 2 rings (SSSR count). The average molecular weight is 357 g/mol. The molecule has 1 heterocycles. The van der Waals surface area contributed by atoms with E-state index in [0.717, 1.165) is 15.6 Å². The average Bonchev–Trinajstić information content (AvgIpc) is 2.74. The molecule has 0 saturated heterocycles. The summed E-state index contributed by atoms with van der Waals surface area (Å²) in [6.45, 7) is 1.98. The minimum Gasteiger partial charge on any atom is -0.475 e. The Morgan fingerprint density at radius 1 is 1.50 bits per heavy atom. The molecule has 0 saturated carbocycles. The van der Waals surface area contributed by atoms with Gasteiger partial charge in [0, 0.05) is 9.13 Å². The van der Waals surface area contributed by atoms with Crippen LogP contribution in [0.3, 0.4) is 0 Å². The monoisotopic (exact) mass is 357 g/mol. The van der Waals surface area contributed by atoms with Crippen LogP contribution in [-0.4, -0.2) is 16.1 Å². The predicted octanol–water partition coefficient (Wildman–Crippen LogP) is 3.60. The summed E-state index contributed by atoms with van der Waals surface area (Å²) in [4.78, 5) is 15.4. The summed E-state index contributed by atoms with van der Waals surface area (Å²) in [6, 6.07) is 7.61. The molecule has 0 aliphatic rings. The summed E-state index contributed by atoms with van der Waals surface area (Å²) in [5.74, 6) is -0.747. The van der Waals surface area contributed by atoms with E-state index in [2.05, 4.69) is 27.6 Å². The summed E-state index contributed by atoms with van der Waals surface area (Å²) in [5, 5.41) is 9.07. The largest absolute Gasteiger partial charge is 0.475 e. The Hall–Kier alpha value is -1.37. The van der Waals surface area contributed by atoms with Gasteiger partial charge in [0.1, 0.15) is 0 Å². The normalized spacial score (nSPS) is 10.6. The number of aromatic carboxylic acids is 1. The van der Waals surface area contributed by atoms with Gasteiger partial charge in [-0.1, -0.05) is 19.4 Å². The fraction of sp³-hybridized carbons (Fsp3) is 0.231. The van der Waals surface area contributed by atoms with E-state index in [1.54, 1.807) is 0 Å². The number of benzene rings is 1. The smallest absolute Gasteiger partial charge is 0.373 e. The van der Waals surface area contributed by atoms with Crippen LogP contribution in [0.4, 0.5) is 0 Å². The van der Waals surface area contributed by atoms with E-state index in [-0.39, 0.29) is 5.76 Å². The molecule has 18 heavy (non-hydrogen) atoms. The number of nitrogens with zero attached hydrogens (tertiary/aromatic N) is 1. The van der Waals surface area contributed by atoms with Crippen LogP contribution in [-0.2, 0) is 6.42 Å². The molecule has 0 unspecified atom stereocenters. The zero-order valence-corrected chi connectivity index (χ0v) is 12.0. The Balaban J connectivity index is 2.46. The Kier molecular flexibility index (Phi) is 4.00. The van der Waals surface area contributed by atoms with Crippen molar-refractivity contribution in [3.8, 4) is 11.5 Å². The van der Waals surface area contributed by atoms with Crippen molar-refractivity contribution >= 4 is 28.6 Å². The third kappa shape index (κ3) is 2.72. The molecule has 2 aromatic rings. The number of carboxylic acids is 1. The molecular weight excluding hydrogens is 345 g/mol. The minimum atomic E-state index is -1.07. The van der Waals surface area contributed by atoms with Crippen LogP contribution in [0.5, 0.6) is 0 Å². The van der Waals surface area contributed by atoms with Gasteiger partial charge in [-0.25, -0.2) is 9.78 Å². The van der Waals surface area contributed by atoms with Crippen molar-refractivity contribution in [2.45, 2.75) is 19.8 Å². The van der Waals surface area contributed by atoms with Crippen molar-refractivity contribution in [1.82, 2.24) is 4.98 Å². The fourth-order valence-corrected chi connectivity index (χ4v) is 2.21. The maximum Gasteiger partial charge on any atom is 0.373 e. The lowest BCUT2D eigenvalue weighted by Crippen LogP contribution is -1.99. The molecule has 0 atom stereocenters. The second-order valence-corrected chi connectivity index (χ2v) is 5.11. The molecule has 0 amide bonds. The number of hydrogen-bond donors (Lipinski definition) is 1. The van der Waals surface area contributed by atoms with Gasteiger partial charge in [-0.15, -0.1) is 0 Å². The second-order valence-electron chi connectivity index (χ2n) is 3.86. The Labute approximate surface area is 118 Å². The van der Waals surface area contributed by atoms with E-state index >= 15 is 0 Å². The van der Waals surface area contributed by atoms with Crippen molar-refractivity contribution in [3.05, 3.63) is 39.3 Å². The predicted molar refractivity (Wildman–Crippen MR) is 75.6 cm³/mol. The quantitative estimate of drug-likeness (QED) is 0.850. The molecule has 94 valence electrons. The third-order valence-electron chi connectivity index (χ3n) is 2.45. The maximum absolute atomic E-state index is 11.1. The van der Waals surface area contributed by atoms with Crippen molar-refractivity contribution < 1.29 is 14.3 Å². The molecule has 0 aliphatic heterocycles. The molecular formula is C13H12INO3. The van der Waals surface area contributed by atoms with Gasteiger partial charge < -0.3 is 9.52 Å². The van der Waals surface area contributed by atoms with Crippen molar-refractivity contribution in [2.75, 3.05) is 0 Å². The Morgan fingerprint density at radius 3 is 2.89 bits per heavy atom. The number of rotatable bonds is 4. The minimum absolute atomic E-state index is 0.0503. The van der Waals surface area contributed by atoms with E-state index in [9.17, 15) is 4.79 Å². The third-order valence-corrected chi connectivity index (χ3v) is 3.12. The lowest BCUT2D eigenvalue weighted by atomic mass is 10.2. The van der Waals surface area contributed by atoms with Gasteiger partial charge in [-0.3, -0.25) is 0 Å². The van der Waals surface area contributed by atoms with E-state index < -0.39 is 5.97 Å². The van der Waals surface area contributed by atoms with Gasteiger partial charge in [0.2, 0.25) is 11.7 Å². The zero-order valence-electron chi connectivity index (χ0n) is 9.81. The molecule has 1 aromatic carbocycles. The number of halogens is 1. The highest BCUT2D eigenvalue weighted by Crippen LogP contribution is 2.24. The molecule has 0 fully saturated rings. The van der Waals surface area contributed by atoms with E-state index in [0.29, 0.717) is 18.0 Å². The van der Waals surface area contributed by atoms with Gasteiger partial charge in [-0.2, -0.15) is 0 Å². The van der Waals surface area contributed by atoms with E-state index in [1.165, 1.54) is 0 Å². The number of aromatic nitrogens is 1. The second kappa shape index (κ2) is 5.51. The Bertz CT molecular complexity index is 577. The zero-order chi connectivity index (χ0) is 13.1.